The van der Waals surface area contributed by atoms with E-state index in [1.165, 1.54) is 17.7 Å². The van der Waals surface area contributed by atoms with Crippen LogP contribution in [0.15, 0.2) is 42.5 Å². The molecule has 96 valence electrons. The van der Waals surface area contributed by atoms with Crippen molar-refractivity contribution in [2.24, 2.45) is 0 Å². The van der Waals surface area contributed by atoms with Crippen molar-refractivity contribution in [3.8, 4) is 0 Å². The quantitative estimate of drug-likeness (QED) is 0.762. The first-order valence-electron chi connectivity index (χ1n) is 6.32. The van der Waals surface area contributed by atoms with Gasteiger partial charge in [0, 0.05) is 23.0 Å². The fraction of sp³-hybridized carbons (Fsp3) is 0.188. The molecule has 0 spiro atoms. The van der Waals surface area contributed by atoms with Gasteiger partial charge in [0.2, 0.25) is 0 Å². The summed E-state index contributed by atoms with van der Waals surface area (Å²) in [6, 6.07) is 12.8. The van der Waals surface area contributed by atoms with Gasteiger partial charge in [-0.1, -0.05) is 18.2 Å². The van der Waals surface area contributed by atoms with Crippen molar-refractivity contribution >= 4 is 17.7 Å². The van der Waals surface area contributed by atoms with Crippen molar-refractivity contribution in [2.75, 3.05) is 4.90 Å². The lowest BCUT2D eigenvalue weighted by Crippen LogP contribution is -2.24. The Bertz CT molecular complexity index is 638. The van der Waals surface area contributed by atoms with Crippen LogP contribution >= 0.6 is 0 Å². The normalized spacial score (nSPS) is 17.4. The zero-order chi connectivity index (χ0) is 13.4. The average molecular weight is 255 g/mol. The summed E-state index contributed by atoms with van der Waals surface area (Å²) in [5, 5.41) is 0. The molecule has 0 N–H and O–H groups in total. The maximum Gasteiger partial charge on any atom is 0.150 e. The van der Waals surface area contributed by atoms with Gasteiger partial charge in [0.05, 0.1) is 0 Å². The smallest absolute Gasteiger partial charge is 0.150 e. The number of carbonyl (C=O) groups excluding carboxylic acids is 1. The van der Waals surface area contributed by atoms with Gasteiger partial charge in [0.25, 0.3) is 0 Å². The Labute approximate surface area is 111 Å². The predicted molar refractivity (Wildman–Crippen MR) is 73.5 cm³/mol. The first-order chi connectivity index (χ1) is 9.19. The van der Waals surface area contributed by atoms with Gasteiger partial charge in [-0.05, 0) is 43.2 Å². The van der Waals surface area contributed by atoms with Crippen molar-refractivity contribution in [1.29, 1.82) is 0 Å². The first-order valence-corrected chi connectivity index (χ1v) is 6.32. The van der Waals surface area contributed by atoms with Crippen molar-refractivity contribution in [3.63, 3.8) is 0 Å². The molecule has 3 heteroatoms. The summed E-state index contributed by atoms with van der Waals surface area (Å²) in [5.74, 6) is -0.379. The number of halogens is 1. The fourth-order valence-electron chi connectivity index (χ4n) is 2.76. The molecule has 0 radical (unpaired) electrons. The van der Waals surface area contributed by atoms with Gasteiger partial charge in [0.1, 0.15) is 12.1 Å². The van der Waals surface area contributed by atoms with E-state index in [2.05, 4.69) is 17.9 Å². The number of fused-ring (bicyclic) bond motifs is 1. The third-order valence-electron chi connectivity index (χ3n) is 3.53. The summed E-state index contributed by atoms with van der Waals surface area (Å²) in [5.41, 5.74) is 3.45. The molecule has 1 atom stereocenters. The number of carbonyl (C=O) groups is 1. The highest BCUT2D eigenvalue weighted by molar-refractivity contribution is 5.80. The number of hydrogen-bond acceptors (Lipinski definition) is 2. The Morgan fingerprint density at radius 1 is 1.26 bits per heavy atom. The average Bonchev–Trinajstić information content (AvgIpc) is 2.73. The number of nitrogens with zero attached hydrogens (tertiary/aromatic N) is 1. The summed E-state index contributed by atoms with van der Waals surface area (Å²) in [4.78, 5) is 13.0. The van der Waals surface area contributed by atoms with E-state index in [-0.39, 0.29) is 11.9 Å². The minimum atomic E-state index is -0.379. The molecule has 1 unspecified atom stereocenters. The first kappa shape index (κ1) is 11.9. The summed E-state index contributed by atoms with van der Waals surface area (Å²) in [6.45, 7) is 2.10. The Hall–Kier alpha value is -2.16. The van der Waals surface area contributed by atoms with Gasteiger partial charge in [0.15, 0.2) is 0 Å². The lowest BCUT2D eigenvalue weighted by Gasteiger charge is -2.25. The van der Waals surface area contributed by atoms with E-state index < -0.39 is 0 Å². The third kappa shape index (κ3) is 2.01. The summed E-state index contributed by atoms with van der Waals surface area (Å²) in [7, 11) is 0. The lowest BCUT2D eigenvalue weighted by atomic mass is 10.1. The van der Waals surface area contributed by atoms with E-state index in [4.69, 9.17) is 0 Å². The molecule has 2 nitrogen and oxygen atoms in total. The topological polar surface area (TPSA) is 20.3 Å². The molecule has 0 saturated carbocycles. The van der Waals surface area contributed by atoms with Crippen molar-refractivity contribution in [3.05, 3.63) is 59.4 Å². The molecule has 0 saturated heterocycles. The van der Waals surface area contributed by atoms with Crippen molar-refractivity contribution in [1.82, 2.24) is 0 Å². The van der Waals surface area contributed by atoms with Gasteiger partial charge in [-0.3, -0.25) is 4.79 Å². The molecular weight excluding hydrogens is 241 g/mol. The van der Waals surface area contributed by atoms with E-state index >= 15 is 0 Å². The molecule has 0 bridgehead atoms. The minimum absolute atomic E-state index is 0.263. The molecule has 0 fully saturated rings. The number of rotatable bonds is 2. The van der Waals surface area contributed by atoms with E-state index in [1.807, 2.05) is 18.2 Å². The van der Waals surface area contributed by atoms with Crippen molar-refractivity contribution in [2.45, 2.75) is 19.4 Å². The Kier molecular flexibility index (Phi) is 2.82. The maximum atomic E-state index is 13.6. The van der Waals surface area contributed by atoms with Crippen LogP contribution in [0.2, 0.25) is 0 Å². The zero-order valence-corrected chi connectivity index (χ0v) is 10.6. The third-order valence-corrected chi connectivity index (χ3v) is 3.53. The molecule has 0 aromatic heterocycles. The maximum absolute atomic E-state index is 13.6. The SMILES string of the molecule is CC1Cc2ccccc2N1c1cc(F)cc(C=O)c1. The molecule has 3 rings (SSSR count). The van der Waals surface area contributed by atoms with Gasteiger partial charge < -0.3 is 4.90 Å². The number of para-hydroxylation sites is 1. The molecular formula is C16H14FNO. The highest BCUT2D eigenvalue weighted by atomic mass is 19.1. The van der Waals surface area contributed by atoms with Crippen LogP contribution in [0.1, 0.15) is 22.8 Å². The number of hydrogen-bond donors (Lipinski definition) is 0. The molecule has 0 amide bonds. The highest BCUT2D eigenvalue weighted by Gasteiger charge is 2.27. The van der Waals surface area contributed by atoms with E-state index in [0.717, 1.165) is 17.8 Å². The molecule has 1 aliphatic rings. The van der Waals surface area contributed by atoms with Crippen LogP contribution in [-0.4, -0.2) is 12.3 Å². The molecule has 19 heavy (non-hydrogen) atoms. The summed E-state index contributed by atoms with van der Waals surface area (Å²) < 4.78 is 13.6. The molecule has 2 aromatic carbocycles. The number of aldehydes is 1. The van der Waals surface area contributed by atoms with Crippen LogP contribution in [0.4, 0.5) is 15.8 Å². The highest BCUT2D eigenvalue weighted by Crippen LogP contribution is 2.38. The second kappa shape index (κ2) is 4.50. The fourth-order valence-corrected chi connectivity index (χ4v) is 2.76. The predicted octanol–water partition coefficient (Wildman–Crippen LogP) is 3.72. The largest absolute Gasteiger partial charge is 0.338 e. The zero-order valence-electron chi connectivity index (χ0n) is 10.6. The van der Waals surface area contributed by atoms with Crippen LogP contribution in [-0.2, 0) is 6.42 Å². The minimum Gasteiger partial charge on any atom is -0.338 e. The monoisotopic (exact) mass is 255 g/mol. The van der Waals surface area contributed by atoms with Gasteiger partial charge >= 0.3 is 0 Å². The van der Waals surface area contributed by atoms with Gasteiger partial charge in [-0.15, -0.1) is 0 Å². The Morgan fingerprint density at radius 2 is 2.05 bits per heavy atom. The molecule has 0 aliphatic carbocycles. The summed E-state index contributed by atoms with van der Waals surface area (Å²) >= 11 is 0. The molecule has 2 aromatic rings. The molecule has 1 heterocycles. The standard InChI is InChI=1S/C16H14FNO/c1-11-6-13-4-2-3-5-16(13)18(11)15-8-12(10-19)7-14(17)9-15/h2-5,7-11H,6H2,1H3. The summed E-state index contributed by atoms with van der Waals surface area (Å²) in [6.07, 6.45) is 1.61. The number of benzene rings is 2. The lowest BCUT2D eigenvalue weighted by molar-refractivity contribution is 0.112. The molecule has 1 aliphatic heterocycles. The van der Waals surface area contributed by atoms with Crippen LogP contribution in [0, 0.1) is 5.82 Å². The van der Waals surface area contributed by atoms with E-state index in [0.29, 0.717) is 11.8 Å². The van der Waals surface area contributed by atoms with Crippen LogP contribution in [0.3, 0.4) is 0 Å². The number of anilines is 2. The van der Waals surface area contributed by atoms with E-state index in [9.17, 15) is 9.18 Å². The van der Waals surface area contributed by atoms with Crippen LogP contribution in [0.25, 0.3) is 0 Å². The second-order valence-corrected chi connectivity index (χ2v) is 4.91. The van der Waals surface area contributed by atoms with Crippen LogP contribution < -0.4 is 4.90 Å². The Morgan fingerprint density at radius 3 is 2.84 bits per heavy atom. The Balaban J connectivity index is 2.12. The van der Waals surface area contributed by atoms with E-state index in [1.54, 1.807) is 6.07 Å². The van der Waals surface area contributed by atoms with Gasteiger partial charge in [-0.25, -0.2) is 4.39 Å². The van der Waals surface area contributed by atoms with Crippen molar-refractivity contribution < 1.29 is 9.18 Å². The second-order valence-electron chi connectivity index (χ2n) is 4.91. The van der Waals surface area contributed by atoms with Crippen LogP contribution in [0.5, 0.6) is 0 Å². The van der Waals surface area contributed by atoms with Gasteiger partial charge in [-0.2, -0.15) is 0 Å².